The number of aromatic hydroxyl groups is 1. The zero-order chi connectivity index (χ0) is 13.8. The molecule has 1 fully saturated rings. The zero-order valence-electron chi connectivity index (χ0n) is 11.0. The summed E-state index contributed by atoms with van der Waals surface area (Å²) < 4.78 is 0. The van der Waals surface area contributed by atoms with Gasteiger partial charge in [-0.05, 0) is 50.6 Å². The summed E-state index contributed by atoms with van der Waals surface area (Å²) >= 11 is 5.83. The molecule has 1 aliphatic rings. The fourth-order valence-electron chi connectivity index (χ4n) is 2.45. The van der Waals surface area contributed by atoms with Crippen molar-refractivity contribution < 1.29 is 9.90 Å². The van der Waals surface area contributed by atoms with Crippen LogP contribution in [-0.2, 0) is 0 Å². The number of halogens is 1. The molecule has 0 radical (unpaired) electrons. The van der Waals surface area contributed by atoms with Crippen LogP contribution in [0.15, 0.2) is 18.2 Å². The number of phenolic OH excluding ortho intramolecular Hbond substituents is 1. The highest BCUT2D eigenvalue weighted by atomic mass is 35.5. The van der Waals surface area contributed by atoms with E-state index in [1.54, 1.807) is 6.07 Å². The number of likely N-dealkylation sites (tertiary alicyclic amines) is 1. The summed E-state index contributed by atoms with van der Waals surface area (Å²) in [6.07, 6.45) is 2.05. The number of benzene rings is 1. The quantitative estimate of drug-likeness (QED) is 0.893. The molecule has 2 rings (SSSR count). The second kappa shape index (κ2) is 6.26. The highest BCUT2D eigenvalue weighted by Gasteiger charge is 2.23. The molecular weight excluding hydrogens is 264 g/mol. The molecule has 2 N–H and O–H groups in total. The first-order valence-electron chi connectivity index (χ1n) is 6.54. The normalized spacial score (nSPS) is 16.6. The lowest BCUT2D eigenvalue weighted by Crippen LogP contribution is -2.40. The molecule has 5 heteroatoms. The number of hydrogen-bond donors (Lipinski definition) is 2. The Morgan fingerprint density at radius 3 is 2.74 bits per heavy atom. The molecule has 0 atom stereocenters. The van der Waals surface area contributed by atoms with E-state index in [4.69, 9.17) is 11.6 Å². The first-order valence-corrected chi connectivity index (χ1v) is 6.92. The average molecular weight is 283 g/mol. The first kappa shape index (κ1) is 14.2. The smallest absolute Gasteiger partial charge is 0.253 e. The first-order chi connectivity index (χ1) is 9.11. The molecule has 0 aliphatic carbocycles. The van der Waals surface area contributed by atoms with Crippen molar-refractivity contribution in [3.05, 3.63) is 28.8 Å². The van der Waals surface area contributed by atoms with Crippen LogP contribution in [0, 0.1) is 5.92 Å². The van der Waals surface area contributed by atoms with Crippen molar-refractivity contribution in [2.24, 2.45) is 5.92 Å². The fraction of sp³-hybridized carbons (Fsp3) is 0.500. The zero-order valence-corrected chi connectivity index (χ0v) is 11.8. The number of amides is 1. The van der Waals surface area contributed by atoms with Crippen LogP contribution in [0.2, 0.25) is 5.02 Å². The van der Waals surface area contributed by atoms with Crippen LogP contribution in [0.5, 0.6) is 5.75 Å². The Bertz CT molecular complexity index is 457. The summed E-state index contributed by atoms with van der Waals surface area (Å²) in [6.45, 7) is 2.57. The number of rotatable bonds is 3. The Morgan fingerprint density at radius 2 is 2.16 bits per heavy atom. The molecule has 19 heavy (non-hydrogen) atoms. The monoisotopic (exact) mass is 282 g/mol. The van der Waals surface area contributed by atoms with Gasteiger partial charge in [-0.1, -0.05) is 11.6 Å². The van der Waals surface area contributed by atoms with Gasteiger partial charge < -0.3 is 15.3 Å². The van der Waals surface area contributed by atoms with Crippen LogP contribution in [0.3, 0.4) is 0 Å². The minimum atomic E-state index is -0.00944. The van der Waals surface area contributed by atoms with Gasteiger partial charge in [0.2, 0.25) is 0 Å². The second-order valence-corrected chi connectivity index (χ2v) is 5.37. The lowest BCUT2D eigenvalue weighted by molar-refractivity contribution is 0.0691. The molecule has 0 saturated carbocycles. The Kier molecular flexibility index (Phi) is 4.66. The average Bonchev–Trinajstić information content (AvgIpc) is 2.42. The van der Waals surface area contributed by atoms with Crippen molar-refractivity contribution in [2.45, 2.75) is 12.8 Å². The lowest BCUT2D eigenvalue weighted by Gasteiger charge is -2.32. The fourth-order valence-corrected chi connectivity index (χ4v) is 2.63. The molecule has 1 heterocycles. The molecule has 0 unspecified atom stereocenters. The van der Waals surface area contributed by atoms with Gasteiger partial charge in [-0.3, -0.25) is 4.79 Å². The van der Waals surface area contributed by atoms with Gasteiger partial charge in [0.05, 0.1) is 5.02 Å². The van der Waals surface area contributed by atoms with E-state index in [0.29, 0.717) is 11.5 Å². The summed E-state index contributed by atoms with van der Waals surface area (Å²) in [6, 6.07) is 4.60. The van der Waals surface area contributed by atoms with E-state index in [1.807, 2.05) is 11.9 Å². The third kappa shape index (κ3) is 3.39. The number of hydrogen-bond acceptors (Lipinski definition) is 3. The standard InChI is InChI=1S/C14H19ClN2O2/c1-16-9-10-4-6-17(7-5-10)14(19)11-2-3-13(18)12(15)8-11/h2-3,8,10,16,18H,4-7,9H2,1H3. The molecule has 0 spiro atoms. The maximum atomic E-state index is 12.3. The molecule has 1 aliphatic heterocycles. The maximum absolute atomic E-state index is 12.3. The van der Waals surface area contributed by atoms with Crippen molar-refractivity contribution in [1.82, 2.24) is 10.2 Å². The molecular formula is C14H19ClN2O2. The van der Waals surface area contributed by atoms with Gasteiger partial charge in [0, 0.05) is 18.7 Å². The van der Waals surface area contributed by atoms with E-state index in [9.17, 15) is 9.90 Å². The van der Waals surface area contributed by atoms with Gasteiger partial charge >= 0.3 is 0 Å². The summed E-state index contributed by atoms with van der Waals surface area (Å²) in [5.41, 5.74) is 0.537. The highest BCUT2D eigenvalue weighted by molar-refractivity contribution is 6.32. The number of phenols is 1. The number of nitrogens with zero attached hydrogens (tertiary/aromatic N) is 1. The summed E-state index contributed by atoms with van der Waals surface area (Å²) in [5.74, 6) is 0.646. The number of piperidine rings is 1. The van der Waals surface area contributed by atoms with Crippen molar-refractivity contribution in [2.75, 3.05) is 26.7 Å². The Labute approximate surface area is 118 Å². The number of carbonyl (C=O) groups excluding carboxylic acids is 1. The van der Waals surface area contributed by atoms with Gasteiger partial charge in [0.25, 0.3) is 5.91 Å². The lowest BCUT2D eigenvalue weighted by atomic mass is 9.96. The van der Waals surface area contributed by atoms with Crippen LogP contribution in [0.1, 0.15) is 23.2 Å². The van der Waals surface area contributed by atoms with Crippen molar-refractivity contribution in [3.63, 3.8) is 0 Å². The van der Waals surface area contributed by atoms with E-state index >= 15 is 0 Å². The molecule has 1 aromatic rings. The highest BCUT2D eigenvalue weighted by Crippen LogP contribution is 2.25. The van der Waals surface area contributed by atoms with Crippen molar-refractivity contribution >= 4 is 17.5 Å². The Hall–Kier alpha value is -1.26. The molecule has 104 valence electrons. The van der Waals surface area contributed by atoms with E-state index in [-0.39, 0.29) is 16.7 Å². The van der Waals surface area contributed by atoms with Gasteiger partial charge in [-0.25, -0.2) is 0 Å². The Balaban J connectivity index is 1.99. The van der Waals surface area contributed by atoms with Gasteiger partial charge in [-0.15, -0.1) is 0 Å². The van der Waals surface area contributed by atoms with Crippen LogP contribution in [0.25, 0.3) is 0 Å². The number of carbonyl (C=O) groups is 1. The third-order valence-electron chi connectivity index (χ3n) is 3.59. The third-order valence-corrected chi connectivity index (χ3v) is 3.89. The largest absolute Gasteiger partial charge is 0.506 e. The Morgan fingerprint density at radius 1 is 1.47 bits per heavy atom. The molecule has 0 bridgehead atoms. The van der Waals surface area contributed by atoms with Gasteiger partial charge in [0.1, 0.15) is 5.75 Å². The topological polar surface area (TPSA) is 52.6 Å². The van der Waals surface area contributed by atoms with E-state index < -0.39 is 0 Å². The summed E-state index contributed by atoms with van der Waals surface area (Å²) in [7, 11) is 1.95. The predicted octanol–water partition coefficient (Wildman–Crippen LogP) is 2.12. The van der Waals surface area contributed by atoms with Gasteiger partial charge in [0.15, 0.2) is 0 Å². The van der Waals surface area contributed by atoms with E-state index in [1.165, 1.54) is 12.1 Å². The summed E-state index contributed by atoms with van der Waals surface area (Å²) in [5, 5.41) is 12.8. The molecule has 4 nitrogen and oxygen atoms in total. The minimum absolute atomic E-state index is 0.00550. The summed E-state index contributed by atoms with van der Waals surface area (Å²) in [4.78, 5) is 14.2. The number of nitrogens with one attached hydrogen (secondary N) is 1. The maximum Gasteiger partial charge on any atom is 0.253 e. The second-order valence-electron chi connectivity index (χ2n) is 4.96. The van der Waals surface area contributed by atoms with Crippen LogP contribution >= 0.6 is 11.6 Å². The molecule has 1 aromatic carbocycles. The SMILES string of the molecule is CNCC1CCN(C(=O)c2ccc(O)c(Cl)c2)CC1. The molecule has 1 amide bonds. The van der Waals surface area contributed by atoms with E-state index in [0.717, 1.165) is 32.5 Å². The minimum Gasteiger partial charge on any atom is -0.506 e. The van der Waals surface area contributed by atoms with E-state index in [2.05, 4.69) is 5.32 Å². The van der Waals surface area contributed by atoms with Crippen LogP contribution in [-0.4, -0.2) is 42.6 Å². The molecule has 0 aromatic heterocycles. The van der Waals surface area contributed by atoms with Crippen molar-refractivity contribution in [1.29, 1.82) is 0 Å². The van der Waals surface area contributed by atoms with Crippen LogP contribution < -0.4 is 5.32 Å². The van der Waals surface area contributed by atoms with Gasteiger partial charge in [-0.2, -0.15) is 0 Å². The van der Waals surface area contributed by atoms with Crippen molar-refractivity contribution in [3.8, 4) is 5.75 Å². The van der Waals surface area contributed by atoms with Crippen LogP contribution in [0.4, 0.5) is 0 Å². The predicted molar refractivity (Wildman–Crippen MR) is 75.7 cm³/mol. The molecule has 1 saturated heterocycles.